The van der Waals surface area contributed by atoms with Gasteiger partial charge in [0, 0.05) is 66.2 Å². The van der Waals surface area contributed by atoms with Crippen molar-refractivity contribution in [2.45, 2.75) is 109 Å². The predicted molar refractivity (Wildman–Crippen MR) is 243 cm³/mol. The molecule has 324 valence electrons. The molecule has 5 aliphatic rings. The molecule has 7 N–H and O–H groups in total. The van der Waals surface area contributed by atoms with Gasteiger partial charge in [0.2, 0.25) is 6.29 Å². The van der Waals surface area contributed by atoms with Crippen LogP contribution in [-0.4, -0.2) is 82.9 Å². The van der Waals surface area contributed by atoms with Gasteiger partial charge < -0.3 is 40.6 Å². The molecule has 3 aromatic rings. The van der Waals surface area contributed by atoms with E-state index < -0.39 is 18.4 Å². The maximum Gasteiger partial charge on any atom is 0.201 e. The molecule has 11 nitrogen and oxygen atoms in total. The van der Waals surface area contributed by atoms with Crippen LogP contribution in [0.3, 0.4) is 0 Å². The van der Waals surface area contributed by atoms with Crippen LogP contribution in [0, 0.1) is 41.4 Å². The Morgan fingerprint density at radius 3 is 2.61 bits per heavy atom. The number of ketones is 1. The molecule has 0 spiro atoms. The van der Waals surface area contributed by atoms with Crippen LogP contribution in [0.1, 0.15) is 79.3 Å². The Bertz CT molecular complexity index is 2180. The van der Waals surface area contributed by atoms with Crippen LogP contribution < -0.4 is 30.6 Å². The van der Waals surface area contributed by atoms with Crippen LogP contribution in [0.2, 0.25) is 0 Å². The van der Waals surface area contributed by atoms with Gasteiger partial charge in [-0.1, -0.05) is 102 Å². The first-order valence-electron chi connectivity index (χ1n) is 21.4. The topological polar surface area (TPSA) is 168 Å². The van der Waals surface area contributed by atoms with E-state index >= 15 is 0 Å². The highest BCUT2D eigenvalue weighted by Gasteiger charge is 2.41. The second-order valence-electron chi connectivity index (χ2n) is 16.7. The zero-order valence-corrected chi connectivity index (χ0v) is 36.9. The molecule has 1 aliphatic carbocycles. The summed E-state index contributed by atoms with van der Waals surface area (Å²) in [5.74, 6) is 16.3. The largest absolute Gasteiger partial charge is 0.504 e. The SMILES string of the molecule is COc1c(O)ccc2c1C#CCc1cc(c3c4c1OCN[C@H](CCc1ccccc1)CC#C[C@H]1NC(N)=N[C@@H](C(C)C)CSSC[C@@H]1[C@@H](C3)[C@H](O)O4)CC[C@@H](O)CC(=O)CC2. The first-order valence-corrected chi connectivity index (χ1v) is 23.9. The van der Waals surface area contributed by atoms with Crippen LogP contribution in [-0.2, 0) is 36.9 Å². The maximum atomic E-state index is 13.2. The van der Waals surface area contributed by atoms with Gasteiger partial charge >= 0.3 is 0 Å². The number of carbonyl (C=O) groups is 1. The summed E-state index contributed by atoms with van der Waals surface area (Å²) in [6.07, 6.45) is 2.35. The number of aliphatic imine (C=N–C) groups is 1. The first-order chi connectivity index (χ1) is 29.6. The number of Topliss-reactive ketones (excluding diaryl/α,β-unsaturated/α-hetero) is 1. The summed E-state index contributed by atoms with van der Waals surface area (Å²) in [5, 5.41) is 41.1. The van der Waals surface area contributed by atoms with Gasteiger partial charge in [0.1, 0.15) is 12.5 Å². The number of nitrogens with zero attached hydrogens (tertiary/aromatic N) is 1. The number of phenolic OH excluding ortho intramolecular Hbond substituents is 1. The molecule has 0 fully saturated rings. The quantitative estimate of drug-likeness (QED) is 0.137. The lowest BCUT2D eigenvalue weighted by Gasteiger charge is -2.40. The van der Waals surface area contributed by atoms with Crippen LogP contribution in [0.4, 0.5) is 0 Å². The number of aryl methyl sites for hydroxylation is 3. The van der Waals surface area contributed by atoms with Crippen LogP contribution in [0.25, 0.3) is 0 Å². The average Bonchev–Trinajstić information content (AvgIpc) is 3.24. The Balaban J connectivity index is 1.33. The zero-order chi connectivity index (χ0) is 42.9. The van der Waals surface area contributed by atoms with Gasteiger partial charge in [-0.2, -0.15) is 0 Å². The van der Waals surface area contributed by atoms with Crippen molar-refractivity contribution in [3.8, 4) is 46.7 Å². The summed E-state index contributed by atoms with van der Waals surface area (Å²) in [4.78, 5) is 18.1. The standard InChI is InChI=1S/C48H58N4O7S2/c1-29(2)42-27-61-60-26-40-39-25-38-32-17-21-36(54)24-35(53)20-16-31-18-22-43(55)45(57-3)37(31)13-7-11-33(23-32)44(46(38)59-47(39)56)58-28-50-34(19-15-30-9-5-4-6-10-30)12-8-14-41(40)51-48(49)52-42/h4-6,9-10,18,22-23,29,34,36,39-42,47,50,54-56H,11-12,15-17,19-21,24-28H2,1-3H3,(H3,49,51,52)/t34-,36+,39+,40+,41+,42+,47+/m0/s1. The molecular weight excluding hydrogens is 809 g/mol. The Hall–Kier alpha value is -4.50. The second-order valence-corrected chi connectivity index (χ2v) is 19.2. The number of hydrogen-bond donors (Lipinski definition) is 6. The lowest BCUT2D eigenvalue weighted by molar-refractivity contribution is -0.121. The number of benzene rings is 3. The maximum absolute atomic E-state index is 13.2. The predicted octanol–water partition coefficient (Wildman–Crippen LogP) is 5.71. The summed E-state index contributed by atoms with van der Waals surface area (Å²) in [7, 11) is 5.01. The normalized spacial score (nSPS) is 26.0. The van der Waals surface area contributed by atoms with Crippen molar-refractivity contribution >= 4 is 33.3 Å². The van der Waals surface area contributed by atoms with Crippen molar-refractivity contribution < 1.29 is 34.3 Å². The molecular formula is C48H58N4O7S2. The van der Waals surface area contributed by atoms with Gasteiger partial charge in [-0.15, -0.1) is 0 Å². The third-order valence-corrected chi connectivity index (χ3v) is 14.6. The van der Waals surface area contributed by atoms with Crippen LogP contribution >= 0.6 is 21.6 Å². The first kappa shape index (κ1) is 44.6. The van der Waals surface area contributed by atoms with Gasteiger partial charge in [0.15, 0.2) is 29.0 Å². The summed E-state index contributed by atoms with van der Waals surface area (Å²) < 4.78 is 18.9. The summed E-state index contributed by atoms with van der Waals surface area (Å²) in [5.41, 5.74) is 11.8. The van der Waals surface area contributed by atoms with E-state index in [1.165, 1.54) is 12.7 Å². The molecule has 0 amide bonds. The molecule has 61 heavy (non-hydrogen) atoms. The molecule has 4 aliphatic heterocycles. The van der Waals surface area contributed by atoms with Crippen molar-refractivity contribution in [3.63, 3.8) is 0 Å². The Morgan fingerprint density at radius 1 is 0.984 bits per heavy atom. The van der Waals surface area contributed by atoms with Crippen LogP contribution in [0.5, 0.6) is 23.0 Å². The zero-order valence-electron chi connectivity index (χ0n) is 35.2. The number of fused-ring (bicyclic) bond motifs is 9. The summed E-state index contributed by atoms with van der Waals surface area (Å²) in [6, 6.07) is 15.4. The number of nitrogens with two attached hydrogens (primary N) is 1. The number of rotatable bonds is 5. The number of aromatic hydroxyl groups is 1. The molecule has 0 saturated heterocycles. The molecule has 7 atom stereocenters. The third-order valence-electron chi connectivity index (χ3n) is 12.1. The molecule has 4 heterocycles. The van der Waals surface area contributed by atoms with E-state index in [2.05, 4.69) is 78.5 Å². The van der Waals surface area contributed by atoms with Crippen molar-refractivity contribution in [3.05, 3.63) is 81.9 Å². The molecule has 0 radical (unpaired) electrons. The fraction of sp³-hybridized carbons (Fsp3) is 0.500. The van der Waals surface area contributed by atoms with E-state index in [-0.39, 0.29) is 67.2 Å². The fourth-order valence-corrected chi connectivity index (χ4v) is 11.4. The highest BCUT2D eigenvalue weighted by Crippen LogP contribution is 2.47. The van der Waals surface area contributed by atoms with E-state index in [1.54, 1.807) is 33.7 Å². The second kappa shape index (κ2) is 21.0. The summed E-state index contributed by atoms with van der Waals surface area (Å²) in [6.45, 7) is 4.46. The highest BCUT2D eigenvalue weighted by molar-refractivity contribution is 8.76. The Morgan fingerprint density at radius 2 is 1.80 bits per heavy atom. The molecule has 8 rings (SSSR count). The van der Waals surface area contributed by atoms with E-state index in [0.717, 1.165) is 40.8 Å². The van der Waals surface area contributed by atoms with Gasteiger partial charge in [-0.3, -0.25) is 10.1 Å². The monoisotopic (exact) mass is 866 g/mol. The minimum atomic E-state index is -1.19. The minimum Gasteiger partial charge on any atom is -0.504 e. The smallest absolute Gasteiger partial charge is 0.201 e. The van der Waals surface area contributed by atoms with Crippen LogP contribution in [0.15, 0.2) is 53.5 Å². The number of carbonyl (C=O) groups excluding carboxylic acids is 1. The van der Waals surface area contributed by atoms with Gasteiger partial charge in [-0.05, 0) is 67.2 Å². The molecule has 0 saturated carbocycles. The number of methoxy groups -OCH3 is 1. The fourth-order valence-electron chi connectivity index (χ4n) is 8.52. The molecule has 13 heteroatoms. The Kier molecular flexibility index (Phi) is 15.4. The number of nitrogens with one attached hydrogen (secondary N) is 2. The van der Waals surface area contributed by atoms with Crippen molar-refractivity contribution in [1.29, 1.82) is 0 Å². The molecule has 3 aromatic carbocycles. The number of ether oxygens (including phenoxy) is 3. The lowest BCUT2D eigenvalue weighted by atomic mass is 9.78. The molecule has 0 aromatic heterocycles. The number of guanidine groups is 1. The lowest BCUT2D eigenvalue weighted by Crippen LogP contribution is -2.51. The third kappa shape index (κ3) is 11.3. The van der Waals surface area contributed by atoms with E-state index in [1.807, 2.05) is 6.07 Å². The number of phenols is 1. The van der Waals surface area contributed by atoms with E-state index in [0.29, 0.717) is 66.8 Å². The van der Waals surface area contributed by atoms with Gasteiger partial charge in [0.05, 0.1) is 30.9 Å². The Labute approximate surface area is 367 Å². The highest BCUT2D eigenvalue weighted by atomic mass is 33.1. The van der Waals surface area contributed by atoms with Crippen molar-refractivity contribution in [2.75, 3.05) is 25.3 Å². The molecule has 0 unspecified atom stereocenters. The summed E-state index contributed by atoms with van der Waals surface area (Å²) >= 11 is 0. The number of aliphatic hydroxyl groups is 2. The van der Waals surface area contributed by atoms with Gasteiger partial charge in [-0.25, -0.2) is 4.99 Å². The van der Waals surface area contributed by atoms with Crippen molar-refractivity contribution in [1.82, 2.24) is 10.6 Å². The van der Waals surface area contributed by atoms with Gasteiger partial charge in [0.25, 0.3) is 0 Å². The minimum absolute atomic E-state index is 0.0131. The number of aliphatic hydroxyl groups excluding tert-OH is 2. The van der Waals surface area contributed by atoms with E-state index in [9.17, 15) is 20.1 Å². The average molecular weight is 867 g/mol. The molecule has 6 bridgehead atoms. The van der Waals surface area contributed by atoms with E-state index in [4.69, 9.17) is 24.9 Å². The number of hydrogen-bond acceptors (Lipinski definition) is 13. The van der Waals surface area contributed by atoms with Crippen molar-refractivity contribution in [2.24, 2.45) is 28.5 Å².